The molecule has 21 heavy (non-hydrogen) atoms. The van der Waals surface area contributed by atoms with Crippen molar-refractivity contribution in [2.24, 2.45) is 5.92 Å². The molecule has 1 aromatic heterocycles. The Labute approximate surface area is 124 Å². The second-order valence-electron chi connectivity index (χ2n) is 5.48. The zero-order valence-corrected chi connectivity index (χ0v) is 12.5. The van der Waals surface area contributed by atoms with Crippen molar-refractivity contribution in [2.45, 2.75) is 25.9 Å². The zero-order chi connectivity index (χ0) is 14.7. The maximum absolute atomic E-state index is 5.82. The van der Waals surface area contributed by atoms with Crippen LogP contribution in [0.4, 0.5) is 0 Å². The highest BCUT2D eigenvalue weighted by molar-refractivity contribution is 5.22. The number of aromatic nitrogens is 2. The third-order valence-electron chi connectivity index (χ3n) is 3.96. The van der Waals surface area contributed by atoms with E-state index in [0.29, 0.717) is 30.2 Å². The summed E-state index contributed by atoms with van der Waals surface area (Å²) in [5.74, 6) is 2.13. The fraction of sp³-hybridized carbons (Fsp3) is 0.500. The average molecular weight is 287 g/mol. The number of rotatable bonds is 5. The van der Waals surface area contributed by atoms with Gasteiger partial charge in [0.1, 0.15) is 6.10 Å². The number of hydrogen-bond donors (Lipinski definition) is 1. The standard InChI is InChI=1S/C16H21N3O2/c1-3-20-14(12-7-5-4-6-8-12)15-18-16(21-19-15)13-10-17-9-11(13)2/h4-8,11,13-14,17H,3,9-10H2,1-2H3. The summed E-state index contributed by atoms with van der Waals surface area (Å²) in [6.07, 6.45) is -0.265. The van der Waals surface area contributed by atoms with Crippen molar-refractivity contribution in [3.05, 3.63) is 47.6 Å². The summed E-state index contributed by atoms with van der Waals surface area (Å²) < 4.78 is 11.3. The van der Waals surface area contributed by atoms with Crippen LogP contribution in [0.3, 0.4) is 0 Å². The van der Waals surface area contributed by atoms with Crippen molar-refractivity contribution in [2.75, 3.05) is 19.7 Å². The van der Waals surface area contributed by atoms with Crippen LogP contribution < -0.4 is 5.32 Å². The predicted octanol–water partition coefficient (Wildman–Crippen LogP) is 2.52. The zero-order valence-electron chi connectivity index (χ0n) is 12.5. The van der Waals surface area contributed by atoms with E-state index in [4.69, 9.17) is 9.26 Å². The minimum atomic E-state index is -0.265. The van der Waals surface area contributed by atoms with Crippen LogP contribution in [0.1, 0.15) is 43.1 Å². The predicted molar refractivity (Wildman–Crippen MR) is 79.0 cm³/mol. The summed E-state index contributed by atoms with van der Waals surface area (Å²) in [5, 5.41) is 7.51. The molecule has 3 rings (SSSR count). The van der Waals surface area contributed by atoms with Crippen LogP contribution in [0.2, 0.25) is 0 Å². The van der Waals surface area contributed by atoms with Crippen molar-refractivity contribution in [1.29, 1.82) is 0 Å². The summed E-state index contributed by atoms with van der Waals surface area (Å²) in [6.45, 7) is 6.67. The molecule has 2 aromatic rings. The summed E-state index contributed by atoms with van der Waals surface area (Å²) >= 11 is 0. The molecule has 1 N–H and O–H groups in total. The first kappa shape index (κ1) is 14.2. The molecule has 5 nitrogen and oxygen atoms in total. The van der Waals surface area contributed by atoms with Gasteiger partial charge in [-0.1, -0.05) is 42.4 Å². The molecule has 1 aromatic carbocycles. The van der Waals surface area contributed by atoms with Gasteiger partial charge < -0.3 is 14.6 Å². The largest absolute Gasteiger partial charge is 0.366 e. The molecule has 1 aliphatic rings. The highest BCUT2D eigenvalue weighted by Crippen LogP contribution is 2.29. The van der Waals surface area contributed by atoms with E-state index in [1.165, 1.54) is 0 Å². The molecule has 112 valence electrons. The van der Waals surface area contributed by atoms with E-state index in [-0.39, 0.29) is 6.10 Å². The Hall–Kier alpha value is -1.72. The maximum atomic E-state index is 5.82. The monoisotopic (exact) mass is 287 g/mol. The highest BCUT2D eigenvalue weighted by atomic mass is 16.5. The van der Waals surface area contributed by atoms with Gasteiger partial charge in [0.25, 0.3) is 0 Å². The molecule has 0 saturated carbocycles. The maximum Gasteiger partial charge on any atom is 0.231 e. The van der Waals surface area contributed by atoms with E-state index in [2.05, 4.69) is 22.4 Å². The van der Waals surface area contributed by atoms with Crippen LogP contribution in [0.5, 0.6) is 0 Å². The lowest BCUT2D eigenvalue weighted by Gasteiger charge is -2.13. The minimum absolute atomic E-state index is 0.265. The molecule has 1 saturated heterocycles. The van der Waals surface area contributed by atoms with Crippen LogP contribution >= 0.6 is 0 Å². The van der Waals surface area contributed by atoms with E-state index < -0.39 is 0 Å². The SMILES string of the molecule is CCOC(c1ccccc1)c1noc(C2CNCC2C)n1. The van der Waals surface area contributed by atoms with Gasteiger partial charge in [0.2, 0.25) is 11.7 Å². The number of benzene rings is 1. The third-order valence-corrected chi connectivity index (χ3v) is 3.96. The second-order valence-corrected chi connectivity index (χ2v) is 5.48. The van der Waals surface area contributed by atoms with Gasteiger partial charge in [-0.05, 0) is 24.9 Å². The van der Waals surface area contributed by atoms with Gasteiger partial charge in [-0.3, -0.25) is 0 Å². The van der Waals surface area contributed by atoms with Crippen molar-refractivity contribution in [3.63, 3.8) is 0 Å². The molecular weight excluding hydrogens is 266 g/mol. The summed E-state index contributed by atoms with van der Waals surface area (Å²) in [4.78, 5) is 4.60. The van der Waals surface area contributed by atoms with Gasteiger partial charge in [-0.25, -0.2) is 0 Å². The average Bonchev–Trinajstić information content (AvgIpc) is 3.14. The molecule has 1 fully saturated rings. The Morgan fingerprint density at radius 1 is 1.33 bits per heavy atom. The first-order valence-electron chi connectivity index (χ1n) is 7.50. The first-order valence-corrected chi connectivity index (χ1v) is 7.50. The number of nitrogens with one attached hydrogen (secondary N) is 1. The number of nitrogens with zero attached hydrogens (tertiary/aromatic N) is 2. The number of ether oxygens (including phenoxy) is 1. The minimum Gasteiger partial charge on any atom is -0.366 e. The van der Waals surface area contributed by atoms with Gasteiger partial charge in [0, 0.05) is 13.2 Å². The lowest BCUT2D eigenvalue weighted by molar-refractivity contribution is 0.0833. The Bertz CT molecular complexity index is 570. The molecule has 0 bridgehead atoms. The second kappa shape index (κ2) is 6.37. The Balaban J connectivity index is 1.85. The van der Waals surface area contributed by atoms with Crippen LogP contribution in [0.15, 0.2) is 34.9 Å². The Morgan fingerprint density at radius 2 is 2.14 bits per heavy atom. The third kappa shape index (κ3) is 2.99. The highest BCUT2D eigenvalue weighted by Gasteiger charge is 2.31. The topological polar surface area (TPSA) is 60.2 Å². The molecule has 3 unspecified atom stereocenters. The van der Waals surface area contributed by atoms with Crippen LogP contribution in [0.25, 0.3) is 0 Å². The summed E-state index contributed by atoms with van der Waals surface area (Å²) in [5.41, 5.74) is 1.05. The van der Waals surface area contributed by atoms with Gasteiger partial charge in [-0.15, -0.1) is 0 Å². The molecule has 1 aliphatic heterocycles. The van der Waals surface area contributed by atoms with E-state index in [1.54, 1.807) is 0 Å². The van der Waals surface area contributed by atoms with Crippen molar-refractivity contribution in [1.82, 2.24) is 15.5 Å². The van der Waals surface area contributed by atoms with Gasteiger partial charge in [0.15, 0.2) is 0 Å². The summed E-state index contributed by atoms with van der Waals surface area (Å²) in [7, 11) is 0. The fourth-order valence-corrected chi connectivity index (χ4v) is 2.76. The fourth-order valence-electron chi connectivity index (χ4n) is 2.76. The van der Waals surface area contributed by atoms with Crippen LogP contribution in [-0.2, 0) is 4.74 Å². The number of hydrogen-bond acceptors (Lipinski definition) is 5. The molecule has 0 amide bonds. The van der Waals surface area contributed by atoms with Gasteiger partial charge >= 0.3 is 0 Å². The van der Waals surface area contributed by atoms with E-state index in [1.807, 2.05) is 37.3 Å². The molecule has 2 heterocycles. The molecule has 0 aliphatic carbocycles. The first-order chi connectivity index (χ1) is 10.3. The normalized spacial score (nSPS) is 23.3. The quantitative estimate of drug-likeness (QED) is 0.915. The lowest BCUT2D eigenvalue weighted by atomic mass is 9.98. The van der Waals surface area contributed by atoms with E-state index in [9.17, 15) is 0 Å². The van der Waals surface area contributed by atoms with Crippen molar-refractivity contribution >= 4 is 0 Å². The molecule has 0 radical (unpaired) electrons. The molecular formula is C16H21N3O2. The van der Waals surface area contributed by atoms with Gasteiger partial charge in [-0.2, -0.15) is 4.98 Å². The van der Waals surface area contributed by atoms with Crippen LogP contribution in [0, 0.1) is 5.92 Å². The van der Waals surface area contributed by atoms with Crippen molar-refractivity contribution in [3.8, 4) is 0 Å². The van der Waals surface area contributed by atoms with Crippen molar-refractivity contribution < 1.29 is 9.26 Å². The Morgan fingerprint density at radius 3 is 2.81 bits per heavy atom. The molecule has 5 heteroatoms. The Kier molecular flexibility index (Phi) is 4.31. The summed E-state index contributed by atoms with van der Waals surface area (Å²) in [6, 6.07) is 10.0. The smallest absolute Gasteiger partial charge is 0.231 e. The van der Waals surface area contributed by atoms with E-state index in [0.717, 1.165) is 18.7 Å². The molecule has 0 spiro atoms. The molecule has 3 atom stereocenters. The lowest BCUT2D eigenvalue weighted by Crippen LogP contribution is -2.10. The van der Waals surface area contributed by atoms with Crippen LogP contribution in [-0.4, -0.2) is 29.8 Å². The van der Waals surface area contributed by atoms with E-state index >= 15 is 0 Å². The van der Waals surface area contributed by atoms with Gasteiger partial charge in [0.05, 0.1) is 5.92 Å².